The molecule has 0 bridgehead atoms. The number of benzene rings is 1. The van der Waals surface area contributed by atoms with Crippen LogP contribution < -0.4 is 0 Å². The smallest absolute Gasteiger partial charge is 0.138 e. The summed E-state index contributed by atoms with van der Waals surface area (Å²) in [6.07, 6.45) is 1.60. The Morgan fingerprint density at radius 3 is 3.00 bits per heavy atom. The molecule has 0 atom stereocenters. The standard InChI is InChI=1S/C8H5BrO2/c9-7-4-11-8-3-5(10)1-2-6(7)8/h1-4,10H. The van der Waals surface area contributed by atoms with Crippen LogP contribution in [0.5, 0.6) is 5.75 Å². The van der Waals surface area contributed by atoms with E-state index in [4.69, 9.17) is 9.52 Å². The second-order valence-electron chi connectivity index (χ2n) is 2.26. The molecule has 0 saturated carbocycles. The van der Waals surface area contributed by atoms with Gasteiger partial charge in [0.1, 0.15) is 17.6 Å². The third kappa shape index (κ3) is 1.01. The summed E-state index contributed by atoms with van der Waals surface area (Å²) in [5.41, 5.74) is 0.692. The minimum Gasteiger partial charge on any atom is -0.508 e. The first-order chi connectivity index (χ1) is 5.27. The van der Waals surface area contributed by atoms with Crippen molar-refractivity contribution >= 4 is 26.9 Å². The van der Waals surface area contributed by atoms with Crippen molar-refractivity contribution in [3.63, 3.8) is 0 Å². The number of hydrogen-bond donors (Lipinski definition) is 1. The van der Waals surface area contributed by atoms with Gasteiger partial charge in [-0.05, 0) is 28.1 Å². The van der Waals surface area contributed by atoms with E-state index in [1.807, 2.05) is 0 Å². The maximum atomic E-state index is 9.06. The molecule has 1 heterocycles. The Morgan fingerprint density at radius 2 is 2.18 bits per heavy atom. The number of fused-ring (bicyclic) bond motifs is 1. The zero-order chi connectivity index (χ0) is 7.84. The van der Waals surface area contributed by atoms with Gasteiger partial charge in [-0.2, -0.15) is 0 Å². The molecule has 1 N–H and O–H groups in total. The van der Waals surface area contributed by atoms with Crippen molar-refractivity contribution < 1.29 is 9.52 Å². The SMILES string of the molecule is Oc1ccc2c(Br)coc2c1. The van der Waals surface area contributed by atoms with Crippen LogP contribution in [0.15, 0.2) is 33.4 Å². The largest absolute Gasteiger partial charge is 0.508 e. The first-order valence-corrected chi connectivity index (χ1v) is 3.92. The number of rotatable bonds is 0. The normalized spacial score (nSPS) is 10.6. The number of halogens is 1. The number of hydrogen-bond acceptors (Lipinski definition) is 2. The fraction of sp³-hybridized carbons (Fsp3) is 0. The molecule has 0 unspecified atom stereocenters. The Balaban J connectivity index is 2.86. The van der Waals surface area contributed by atoms with E-state index in [9.17, 15) is 0 Å². The molecule has 1 aromatic carbocycles. The van der Waals surface area contributed by atoms with Gasteiger partial charge in [0.2, 0.25) is 0 Å². The van der Waals surface area contributed by atoms with Crippen molar-refractivity contribution in [3.8, 4) is 5.75 Å². The molecule has 2 nitrogen and oxygen atoms in total. The predicted octanol–water partition coefficient (Wildman–Crippen LogP) is 2.90. The second kappa shape index (κ2) is 2.27. The third-order valence-electron chi connectivity index (χ3n) is 1.51. The van der Waals surface area contributed by atoms with E-state index in [2.05, 4.69) is 15.9 Å². The number of aromatic hydroxyl groups is 1. The van der Waals surface area contributed by atoms with E-state index in [1.54, 1.807) is 24.5 Å². The van der Waals surface area contributed by atoms with Crippen molar-refractivity contribution in [2.24, 2.45) is 0 Å². The first-order valence-electron chi connectivity index (χ1n) is 3.13. The molecule has 0 amide bonds. The summed E-state index contributed by atoms with van der Waals surface area (Å²) >= 11 is 3.32. The summed E-state index contributed by atoms with van der Waals surface area (Å²) in [5.74, 6) is 0.222. The van der Waals surface area contributed by atoms with Crippen molar-refractivity contribution in [1.29, 1.82) is 0 Å². The van der Waals surface area contributed by atoms with Gasteiger partial charge in [0.05, 0.1) is 4.47 Å². The first kappa shape index (κ1) is 6.73. The zero-order valence-electron chi connectivity index (χ0n) is 5.54. The van der Waals surface area contributed by atoms with Crippen molar-refractivity contribution in [2.75, 3.05) is 0 Å². The van der Waals surface area contributed by atoms with Gasteiger partial charge in [-0.25, -0.2) is 0 Å². The van der Waals surface area contributed by atoms with Crippen molar-refractivity contribution in [3.05, 3.63) is 28.9 Å². The second-order valence-corrected chi connectivity index (χ2v) is 3.12. The summed E-state index contributed by atoms with van der Waals surface area (Å²) in [6, 6.07) is 5.01. The third-order valence-corrected chi connectivity index (χ3v) is 2.13. The molecule has 0 radical (unpaired) electrons. The van der Waals surface area contributed by atoms with Gasteiger partial charge in [0.25, 0.3) is 0 Å². The molecular weight excluding hydrogens is 208 g/mol. The average molecular weight is 213 g/mol. The van der Waals surface area contributed by atoms with Crippen LogP contribution in [0.2, 0.25) is 0 Å². The van der Waals surface area contributed by atoms with Gasteiger partial charge in [-0.15, -0.1) is 0 Å². The molecule has 0 saturated heterocycles. The molecule has 1 aromatic heterocycles. The van der Waals surface area contributed by atoms with Crippen LogP contribution in [0.4, 0.5) is 0 Å². The van der Waals surface area contributed by atoms with Gasteiger partial charge < -0.3 is 9.52 Å². The lowest BCUT2D eigenvalue weighted by molar-refractivity contribution is 0.474. The maximum Gasteiger partial charge on any atom is 0.138 e. The van der Waals surface area contributed by atoms with Crippen LogP contribution in [0, 0.1) is 0 Å². The summed E-state index contributed by atoms with van der Waals surface area (Å²) < 4.78 is 6.03. The van der Waals surface area contributed by atoms with E-state index < -0.39 is 0 Å². The molecule has 0 aliphatic heterocycles. The molecule has 0 aliphatic carbocycles. The van der Waals surface area contributed by atoms with Crippen LogP contribution in [0.3, 0.4) is 0 Å². The topological polar surface area (TPSA) is 33.4 Å². The molecule has 0 aliphatic rings. The Labute approximate surface area is 71.6 Å². The number of phenolic OH excluding ortho intramolecular Hbond substituents is 1. The minimum atomic E-state index is 0.222. The lowest BCUT2D eigenvalue weighted by Crippen LogP contribution is -1.64. The highest BCUT2D eigenvalue weighted by Gasteiger charge is 2.02. The number of phenols is 1. The van der Waals surface area contributed by atoms with E-state index in [0.29, 0.717) is 5.58 Å². The zero-order valence-corrected chi connectivity index (χ0v) is 7.13. The van der Waals surface area contributed by atoms with Crippen LogP contribution >= 0.6 is 15.9 Å². The minimum absolute atomic E-state index is 0.222. The van der Waals surface area contributed by atoms with Crippen LogP contribution in [-0.2, 0) is 0 Å². The van der Waals surface area contributed by atoms with Crippen LogP contribution in [0.25, 0.3) is 11.0 Å². The lowest BCUT2D eigenvalue weighted by atomic mass is 10.2. The molecule has 0 fully saturated rings. The summed E-state index contributed by atoms with van der Waals surface area (Å²) in [4.78, 5) is 0. The molecule has 2 aromatic rings. The van der Waals surface area contributed by atoms with Crippen molar-refractivity contribution in [1.82, 2.24) is 0 Å². The van der Waals surface area contributed by atoms with Gasteiger partial charge >= 0.3 is 0 Å². The Hall–Kier alpha value is -0.960. The van der Waals surface area contributed by atoms with E-state index in [0.717, 1.165) is 9.86 Å². The summed E-state index contributed by atoms with van der Waals surface area (Å²) in [7, 11) is 0. The van der Waals surface area contributed by atoms with Crippen molar-refractivity contribution in [2.45, 2.75) is 0 Å². The maximum absolute atomic E-state index is 9.06. The predicted molar refractivity (Wildman–Crippen MR) is 45.6 cm³/mol. The Kier molecular flexibility index (Phi) is 1.39. The number of furan rings is 1. The lowest BCUT2D eigenvalue weighted by Gasteiger charge is -1.89. The van der Waals surface area contributed by atoms with Gasteiger partial charge in [-0.1, -0.05) is 0 Å². The summed E-state index contributed by atoms with van der Waals surface area (Å²) in [5, 5.41) is 10.0. The highest BCUT2D eigenvalue weighted by molar-refractivity contribution is 9.10. The monoisotopic (exact) mass is 212 g/mol. The van der Waals surface area contributed by atoms with Crippen LogP contribution in [0.1, 0.15) is 0 Å². The molecule has 3 heteroatoms. The Bertz CT molecular complexity index is 392. The molecule has 11 heavy (non-hydrogen) atoms. The van der Waals surface area contributed by atoms with Crippen LogP contribution in [-0.4, -0.2) is 5.11 Å². The Morgan fingerprint density at radius 1 is 1.36 bits per heavy atom. The van der Waals surface area contributed by atoms with E-state index >= 15 is 0 Å². The fourth-order valence-corrected chi connectivity index (χ4v) is 1.41. The van der Waals surface area contributed by atoms with E-state index in [-0.39, 0.29) is 5.75 Å². The molecule has 2 rings (SSSR count). The molecule has 0 spiro atoms. The van der Waals surface area contributed by atoms with Gasteiger partial charge in [0.15, 0.2) is 0 Å². The summed E-state index contributed by atoms with van der Waals surface area (Å²) in [6.45, 7) is 0. The van der Waals surface area contributed by atoms with Gasteiger partial charge in [0, 0.05) is 11.5 Å². The highest BCUT2D eigenvalue weighted by atomic mass is 79.9. The highest BCUT2D eigenvalue weighted by Crippen LogP contribution is 2.28. The fourth-order valence-electron chi connectivity index (χ4n) is 0.985. The molecular formula is C8H5BrO2. The molecule has 56 valence electrons. The average Bonchev–Trinajstić information content (AvgIpc) is 2.32. The van der Waals surface area contributed by atoms with E-state index in [1.165, 1.54) is 0 Å². The quantitative estimate of drug-likeness (QED) is 0.729. The van der Waals surface area contributed by atoms with Gasteiger partial charge in [-0.3, -0.25) is 0 Å².